The van der Waals surface area contributed by atoms with Gasteiger partial charge in [-0.25, -0.2) is 0 Å². The van der Waals surface area contributed by atoms with Gasteiger partial charge in [0, 0.05) is 5.92 Å². The Morgan fingerprint density at radius 1 is 1.55 bits per heavy atom. The molecule has 0 heterocycles. The lowest BCUT2D eigenvalue weighted by atomic mass is 9.75. The van der Waals surface area contributed by atoms with Crippen molar-refractivity contribution < 1.29 is 4.79 Å². The minimum Gasteiger partial charge on any atom is -0.303 e. The Hall–Kier alpha value is -0.590. The summed E-state index contributed by atoms with van der Waals surface area (Å²) >= 11 is 0. The molecule has 0 saturated heterocycles. The Balaban J connectivity index is 2.80. The van der Waals surface area contributed by atoms with Crippen LogP contribution in [0.2, 0.25) is 0 Å². The van der Waals surface area contributed by atoms with Gasteiger partial charge in [0.25, 0.3) is 0 Å². The van der Waals surface area contributed by atoms with E-state index >= 15 is 0 Å². The van der Waals surface area contributed by atoms with Gasteiger partial charge in [-0.1, -0.05) is 25.5 Å². The first-order chi connectivity index (χ1) is 5.16. The van der Waals surface area contributed by atoms with E-state index in [1.165, 1.54) is 5.57 Å². The highest BCUT2D eigenvalue weighted by Gasteiger charge is 2.26. The van der Waals surface area contributed by atoms with Crippen molar-refractivity contribution in [1.82, 2.24) is 0 Å². The lowest BCUT2D eigenvalue weighted by Gasteiger charge is -2.29. The zero-order chi connectivity index (χ0) is 8.43. The van der Waals surface area contributed by atoms with Crippen molar-refractivity contribution in [2.75, 3.05) is 0 Å². The summed E-state index contributed by atoms with van der Waals surface area (Å²) in [5.74, 6) is 1.37. The van der Waals surface area contributed by atoms with Gasteiger partial charge >= 0.3 is 0 Å². The maximum Gasteiger partial charge on any atom is 0.127 e. The van der Waals surface area contributed by atoms with Gasteiger partial charge in [0.05, 0.1) is 0 Å². The summed E-state index contributed by atoms with van der Waals surface area (Å²) in [6.45, 7) is 6.44. The molecule has 3 unspecified atom stereocenters. The number of hydrogen-bond donors (Lipinski definition) is 0. The Morgan fingerprint density at radius 2 is 2.18 bits per heavy atom. The molecule has 0 aliphatic heterocycles. The van der Waals surface area contributed by atoms with Gasteiger partial charge in [-0.15, -0.1) is 0 Å². The van der Waals surface area contributed by atoms with Crippen molar-refractivity contribution in [1.29, 1.82) is 0 Å². The SMILES string of the molecule is CC1=CCC(C)C(C)C1C=O. The zero-order valence-electron chi connectivity index (χ0n) is 7.50. The van der Waals surface area contributed by atoms with Gasteiger partial charge in [-0.05, 0) is 25.2 Å². The number of carbonyl (C=O) groups is 1. The average Bonchev–Trinajstić information content (AvgIpc) is 1.99. The lowest BCUT2D eigenvalue weighted by Crippen LogP contribution is -2.24. The van der Waals surface area contributed by atoms with E-state index in [-0.39, 0.29) is 5.92 Å². The molecule has 1 heteroatoms. The molecule has 0 bridgehead atoms. The zero-order valence-corrected chi connectivity index (χ0v) is 7.50. The molecule has 0 aromatic heterocycles. The smallest absolute Gasteiger partial charge is 0.127 e. The number of rotatable bonds is 1. The number of allylic oxidation sites excluding steroid dienone is 2. The topological polar surface area (TPSA) is 17.1 Å². The van der Waals surface area contributed by atoms with Crippen molar-refractivity contribution in [3.63, 3.8) is 0 Å². The molecule has 0 spiro atoms. The van der Waals surface area contributed by atoms with Crippen LogP contribution in [0.4, 0.5) is 0 Å². The summed E-state index contributed by atoms with van der Waals surface area (Å²) in [4.78, 5) is 10.7. The normalized spacial score (nSPS) is 38.1. The Labute approximate surface area is 68.5 Å². The molecule has 1 nitrogen and oxygen atoms in total. The van der Waals surface area contributed by atoms with Crippen LogP contribution in [-0.2, 0) is 4.79 Å². The average molecular weight is 152 g/mol. The fourth-order valence-corrected chi connectivity index (χ4v) is 1.72. The molecular formula is C10H16O. The van der Waals surface area contributed by atoms with E-state index in [9.17, 15) is 4.79 Å². The predicted octanol–water partition coefficient (Wildman–Crippen LogP) is 2.42. The van der Waals surface area contributed by atoms with E-state index in [1.807, 2.05) is 0 Å². The summed E-state index contributed by atoms with van der Waals surface area (Å²) in [6.07, 6.45) is 4.42. The first-order valence-corrected chi connectivity index (χ1v) is 4.28. The first-order valence-electron chi connectivity index (χ1n) is 4.28. The van der Waals surface area contributed by atoms with Crippen molar-refractivity contribution in [3.8, 4) is 0 Å². The van der Waals surface area contributed by atoms with Gasteiger partial charge in [0.2, 0.25) is 0 Å². The molecular weight excluding hydrogens is 136 g/mol. The number of hydrogen-bond acceptors (Lipinski definition) is 1. The van der Waals surface area contributed by atoms with Crippen molar-refractivity contribution in [3.05, 3.63) is 11.6 Å². The van der Waals surface area contributed by atoms with E-state index in [0.29, 0.717) is 11.8 Å². The quantitative estimate of drug-likeness (QED) is 0.416. The Bertz CT molecular complexity index is 181. The molecule has 1 aliphatic carbocycles. The molecule has 0 radical (unpaired) electrons. The first kappa shape index (κ1) is 8.51. The highest BCUT2D eigenvalue weighted by molar-refractivity contribution is 5.59. The van der Waals surface area contributed by atoms with E-state index in [2.05, 4.69) is 26.8 Å². The van der Waals surface area contributed by atoms with Crippen LogP contribution in [0.15, 0.2) is 11.6 Å². The van der Waals surface area contributed by atoms with E-state index in [1.54, 1.807) is 0 Å². The molecule has 62 valence electrons. The van der Waals surface area contributed by atoms with Crippen LogP contribution in [0.1, 0.15) is 27.2 Å². The van der Waals surface area contributed by atoms with E-state index in [0.717, 1.165) is 12.7 Å². The van der Waals surface area contributed by atoms with Crippen molar-refractivity contribution >= 4 is 6.29 Å². The van der Waals surface area contributed by atoms with Crippen LogP contribution in [0.5, 0.6) is 0 Å². The molecule has 0 N–H and O–H groups in total. The molecule has 1 rings (SSSR count). The van der Waals surface area contributed by atoms with Gasteiger partial charge in [-0.2, -0.15) is 0 Å². The van der Waals surface area contributed by atoms with Crippen LogP contribution in [0.3, 0.4) is 0 Å². The highest BCUT2D eigenvalue weighted by atomic mass is 16.1. The van der Waals surface area contributed by atoms with E-state index < -0.39 is 0 Å². The molecule has 0 aromatic carbocycles. The minimum absolute atomic E-state index is 0.179. The summed E-state index contributed by atoms with van der Waals surface area (Å²) in [5, 5.41) is 0. The van der Waals surface area contributed by atoms with Crippen LogP contribution < -0.4 is 0 Å². The third kappa shape index (κ3) is 1.52. The van der Waals surface area contributed by atoms with E-state index in [4.69, 9.17) is 0 Å². The van der Waals surface area contributed by atoms with Gasteiger partial charge < -0.3 is 4.79 Å². The summed E-state index contributed by atoms with van der Waals surface area (Å²) < 4.78 is 0. The molecule has 0 fully saturated rings. The number of carbonyl (C=O) groups excluding carboxylic acids is 1. The van der Waals surface area contributed by atoms with Crippen LogP contribution in [0, 0.1) is 17.8 Å². The summed E-state index contributed by atoms with van der Waals surface area (Å²) in [7, 11) is 0. The second-order valence-corrected chi connectivity index (χ2v) is 3.68. The van der Waals surface area contributed by atoms with Crippen LogP contribution >= 0.6 is 0 Å². The fourth-order valence-electron chi connectivity index (χ4n) is 1.72. The van der Waals surface area contributed by atoms with Gasteiger partial charge in [-0.3, -0.25) is 0 Å². The van der Waals surface area contributed by atoms with Crippen LogP contribution in [-0.4, -0.2) is 6.29 Å². The summed E-state index contributed by atoms with van der Waals surface area (Å²) in [6, 6.07) is 0. The Morgan fingerprint density at radius 3 is 2.64 bits per heavy atom. The monoisotopic (exact) mass is 152 g/mol. The Kier molecular flexibility index (Phi) is 2.48. The molecule has 0 aromatic rings. The molecule has 11 heavy (non-hydrogen) atoms. The predicted molar refractivity (Wildman–Crippen MR) is 46.3 cm³/mol. The maximum atomic E-state index is 10.7. The maximum absolute atomic E-state index is 10.7. The molecule has 0 saturated carbocycles. The van der Waals surface area contributed by atoms with Gasteiger partial charge in [0.15, 0.2) is 0 Å². The lowest BCUT2D eigenvalue weighted by molar-refractivity contribution is -0.111. The van der Waals surface area contributed by atoms with Gasteiger partial charge in [0.1, 0.15) is 6.29 Å². The second kappa shape index (κ2) is 3.21. The summed E-state index contributed by atoms with van der Waals surface area (Å²) in [5.41, 5.74) is 1.26. The second-order valence-electron chi connectivity index (χ2n) is 3.68. The molecule has 3 atom stereocenters. The standard InChI is InChI=1S/C10H16O/c1-7-4-5-8(2)10(6-11)9(7)3/h5-7,9-10H,4H2,1-3H3. The highest BCUT2D eigenvalue weighted by Crippen LogP contribution is 2.32. The number of aldehydes is 1. The largest absolute Gasteiger partial charge is 0.303 e. The molecule has 1 aliphatic rings. The van der Waals surface area contributed by atoms with Crippen LogP contribution in [0.25, 0.3) is 0 Å². The van der Waals surface area contributed by atoms with Crippen molar-refractivity contribution in [2.24, 2.45) is 17.8 Å². The molecule has 0 amide bonds. The third-order valence-electron chi connectivity index (χ3n) is 2.95. The minimum atomic E-state index is 0.179. The fraction of sp³-hybridized carbons (Fsp3) is 0.700. The van der Waals surface area contributed by atoms with Crippen molar-refractivity contribution in [2.45, 2.75) is 27.2 Å². The third-order valence-corrected chi connectivity index (χ3v) is 2.95.